The summed E-state index contributed by atoms with van der Waals surface area (Å²) in [7, 11) is 0. The van der Waals surface area contributed by atoms with Crippen molar-refractivity contribution < 1.29 is 9.53 Å². The fourth-order valence-corrected chi connectivity index (χ4v) is 1.00. The SMILES string of the molecule is C#CCN(CCC=C)NC(=O)OCCCC. The highest BCUT2D eigenvalue weighted by Crippen LogP contribution is 1.91. The first-order valence-corrected chi connectivity index (χ1v) is 5.47. The van der Waals surface area contributed by atoms with E-state index in [0.717, 1.165) is 19.3 Å². The molecule has 0 heterocycles. The van der Waals surface area contributed by atoms with E-state index in [-0.39, 0.29) is 0 Å². The molecule has 1 N–H and O–H groups in total. The Kier molecular flexibility index (Phi) is 9.14. The van der Waals surface area contributed by atoms with Gasteiger partial charge in [-0.05, 0) is 12.8 Å². The zero-order chi connectivity index (χ0) is 12.2. The molecule has 0 aromatic rings. The van der Waals surface area contributed by atoms with Crippen molar-refractivity contribution in [2.45, 2.75) is 26.2 Å². The molecule has 0 aromatic carbocycles. The van der Waals surface area contributed by atoms with Crippen molar-refractivity contribution in [3.8, 4) is 12.3 Å². The molecule has 0 atom stereocenters. The van der Waals surface area contributed by atoms with Crippen molar-refractivity contribution in [1.82, 2.24) is 10.4 Å². The molecule has 0 radical (unpaired) electrons. The van der Waals surface area contributed by atoms with E-state index in [1.165, 1.54) is 0 Å². The maximum atomic E-state index is 11.3. The van der Waals surface area contributed by atoms with Gasteiger partial charge in [-0.2, -0.15) is 0 Å². The zero-order valence-electron chi connectivity index (χ0n) is 9.87. The number of carbonyl (C=O) groups excluding carboxylic acids is 1. The quantitative estimate of drug-likeness (QED) is 0.296. The van der Waals surface area contributed by atoms with Gasteiger partial charge in [0.15, 0.2) is 0 Å². The number of carbonyl (C=O) groups is 1. The molecule has 0 aliphatic heterocycles. The van der Waals surface area contributed by atoms with E-state index in [0.29, 0.717) is 19.7 Å². The predicted octanol–water partition coefficient (Wildman–Crippen LogP) is 1.94. The Hall–Kier alpha value is -1.47. The molecule has 0 aromatic heterocycles. The molecule has 0 unspecified atom stereocenters. The van der Waals surface area contributed by atoms with Gasteiger partial charge in [-0.15, -0.1) is 13.0 Å². The maximum absolute atomic E-state index is 11.3. The van der Waals surface area contributed by atoms with Crippen LogP contribution in [0.3, 0.4) is 0 Å². The van der Waals surface area contributed by atoms with E-state index in [9.17, 15) is 4.79 Å². The van der Waals surface area contributed by atoms with Gasteiger partial charge in [0, 0.05) is 6.54 Å². The maximum Gasteiger partial charge on any atom is 0.421 e. The van der Waals surface area contributed by atoms with Crippen LogP contribution in [0.1, 0.15) is 26.2 Å². The Balaban J connectivity index is 3.83. The monoisotopic (exact) mass is 224 g/mol. The van der Waals surface area contributed by atoms with Crippen LogP contribution in [0.25, 0.3) is 0 Å². The molecular formula is C12H20N2O2. The van der Waals surface area contributed by atoms with Crippen LogP contribution in [0.15, 0.2) is 12.7 Å². The second-order valence-corrected chi connectivity index (χ2v) is 3.30. The highest BCUT2D eigenvalue weighted by molar-refractivity contribution is 5.66. The van der Waals surface area contributed by atoms with E-state index in [1.54, 1.807) is 11.1 Å². The summed E-state index contributed by atoms with van der Waals surface area (Å²) in [5, 5.41) is 1.63. The second-order valence-electron chi connectivity index (χ2n) is 3.30. The first-order valence-electron chi connectivity index (χ1n) is 5.47. The van der Waals surface area contributed by atoms with Crippen LogP contribution in [0.5, 0.6) is 0 Å². The third-order valence-electron chi connectivity index (χ3n) is 1.87. The van der Waals surface area contributed by atoms with Gasteiger partial charge in [0.1, 0.15) is 0 Å². The van der Waals surface area contributed by atoms with Crippen LogP contribution >= 0.6 is 0 Å². The van der Waals surface area contributed by atoms with Gasteiger partial charge in [0.05, 0.1) is 13.2 Å². The molecular weight excluding hydrogens is 204 g/mol. The minimum atomic E-state index is -0.451. The number of terminal acetylenes is 1. The predicted molar refractivity (Wildman–Crippen MR) is 64.6 cm³/mol. The summed E-state index contributed by atoms with van der Waals surface area (Å²) in [6, 6.07) is 0. The van der Waals surface area contributed by atoms with Crippen molar-refractivity contribution in [1.29, 1.82) is 0 Å². The van der Waals surface area contributed by atoms with Gasteiger partial charge in [-0.25, -0.2) is 9.80 Å². The van der Waals surface area contributed by atoms with Crippen molar-refractivity contribution in [2.24, 2.45) is 0 Å². The molecule has 90 valence electrons. The number of unbranched alkanes of at least 4 members (excludes halogenated alkanes) is 1. The van der Waals surface area contributed by atoms with Crippen molar-refractivity contribution >= 4 is 6.09 Å². The lowest BCUT2D eigenvalue weighted by molar-refractivity contribution is 0.110. The minimum Gasteiger partial charge on any atom is -0.449 e. The van der Waals surface area contributed by atoms with E-state index < -0.39 is 6.09 Å². The van der Waals surface area contributed by atoms with Crippen molar-refractivity contribution in [2.75, 3.05) is 19.7 Å². The first-order chi connectivity index (χ1) is 7.74. The molecule has 0 saturated carbocycles. The number of nitrogens with one attached hydrogen (secondary N) is 1. The molecule has 4 nitrogen and oxygen atoms in total. The van der Waals surface area contributed by atoms with Gasteiger partial charge >= 0.3 is 6.09 Å². The van der Waals surface area contributed by atoms with E-state index in [2.05, 4.69) is 17.9 Å². The van der Waals surface area contributed by atoms with Gasteiger partial charge in [0.25, 0.3) is 0 Å². The van der Waals surface area contributed by atoms with Gasteiger partial charge < -0.3 is 4.74 Å². The minimum absolute atomic E-state index is 0.358. The van der Waals surface area contributed by atoms with Gasteiger partial charge in [-0.1, -0.05) is 25.3 Å². The normalized spacial score (nSPS) is 9.56. The lowest BCUT2D eigenvalue weighted by atomic mass is 10.4. The molecule has 4 heteroatoms. The molecule has 0 saturated heterocycles. The summed E-state index contributed by atoms with van der Waals surface area (Å²) in [5.41, 5.74) is 2.59. The standard InChI is InChI=1S/C12H20N2O2/c1-4-7-10-14(9-6-3)13-12(15)16-11-8-5-2/h3-4H,1,5,7-11H2,2H3,(H,13,15). The fraction of sp³-hybridized carbons (Fsp3) is 0.583. The Bertz CT molecular complexity index is 246. The average molecular weight is 224 g/mol. The summed E-state index contributed by atoms with van der Waals surface area (Å²) in [6.07, 6.45) is 9.14. The topological polar surface area (TPSA) is 41.6 Å². The summed E-state index contributed by atoms with van der Waals surface area (Å²) in [4.78, 5) is 11.3. The number of ether oxygens (including phenoxy) is 1. The number of rotatable bonds is 8. The molecule has 1 amide bonds. The molecule has 16 heavy (non-hydrogen) atoms. The van der Waals surface area contributed by atoms with Crippen LogP contribution in [0.4, 0.5) is 4.79 Å². The molecule has 0 bridgehead atoms. The highest BCUT2D eigenvalue weighted by atomic mass is 16.6. The van der Waals surface area contributed by atoms with Crippen LogP contribution in [0.2, 0.25) is 0 Å². The average Bonchev–Trinajstić information content (AvgIpc) is 2.26. The Labute approximate surface area is 97.6 Å². The smallest absolute Gasteiger partial charge is 0.421 e. The van der Waals surface area contributed by atoms with Gasteiger partial charge in [-0.3, -0.25) is 5.43 Å². The van der Waals surface area contributed by atoms with Crippen LogP contribution in [-0.2, 0) is 4.74 Å². The van der Waals surface area contributed by atoms with Crippen LogP contribution < -0.4 is 5.43 Å². The first kappa shape index (κ1) is 14.5. The summed E-state index contributed by atoms with van der Waals surface area (Å²) in [6.45, 7) is 7.08. The largest absolute Gasteiger partial charge is 0.449 e. The molecule has 0 spiro atoms. The van der Waals surface area contributed by atoms with Crippen molar-refractivity contribution in [3.63, 3.8) is 0 Å². The Morgan fingerprint density at radius 2 is 2.44 bits per heavy atom. The summed E-state index contributed by atoms with van der Waals surface area (Å²) in [5.74, 6) is 2.47. The van der Waals surface area contributed by atoms with E-state index >= 15 is 0 Å². The van der Waals surface area contributed by atoms with Gasteiger partial charge in [0.2, 0.25) is 0 Å². The summed E-state index contributed by atoms with van der Waals surface area (Å²) >= 11 is 0. The number of hydrogen-bond donors (Lipinski definition) is 1. The third kappa shape index (κ3) is 7.89. The van der Waals surface area contributed by atoms with Crippen LogP contribution in [0, 0.1) is 12.3 Å². The molecule has 0 rings (SSSR count). The fourth-order valence-electron chi connectivity index (χ4n) is 1.00. The third-order valence-corrected chi connectivity index (χ3v) is 1.87. The number of hydrogen-bond acceptors (Lipinski definition) is 3. The van der Waals surface area contributed by atoms with E-state index in [4.69, 9.17) is 11.2 Å². The van der Waals surface area contributed by atoms with Crippen molar-refractivity contribution in [3.05, 3.63) is 12.7 Å². The summed E-state index contributed by atoms with van der Waals surface area (Å²) < 4.78 is 4.95. The number of nitrogens with zero attached hydrogens (tertiary/aromatic N) is 1. The second kappa shape index (κ2) is 10.1. The Morgan fingerprint density at radius 1 is 1.69 bits per heavy atom. The molecule has 0 aliphatic rings. The Morgan fingerprint density at radius 3 is 3.00 bits per heavy atom. The molecule has 0 fully saturated rings. The number of hydrazine groups is 1. The van der Waals surface area contributed by atoms with E-state index in [1.807, 2.05) is 6.92 Å². The lowest BCUT2D eigenvalue weighted by Crippen LogP contribution is -2.43. The zero-order valence-corrected chi connectivity index (χ0v) is 9.87. The lowest BCUT2D eigenvalue weighted by Gasteiger charge is -2.19. The highest BCUT2D eigenvalue weighted by Gasteiger charge is 2.07. The van der Waals surface area contributed by atoms with Crippen LogP contribution in [-0.4, -0.2) is 30.8 Å². The molecule has 0 aliphatic carbocycles. The number of amides is 1.